The Bertz CT molecular complexity index is 324. The Morgan fingerprint density at radius 2 is 2.00 bits per heavy atom. The van der Waals surface area contributed by atoms with Crippen molar-refractivity contribution in [1.82, 2.24) is 0 Å². The highest BCUT2D eigenvalue weighted by atomic mass is 127. The van der Waals surface area contributed by atoms with Crippen LogP contribution in [0.1, 0.15) is 18.9 Å². The summed E-state index contributed by atoms with van der Waals surface area (Å²) in [6, 6.07) is 9.50. The second-order valence-corrected chi connectivity index (χ2v) is 4.36. The van der Waals surface area contributed by atoms with E-state index in [0.29, 0.717) is 0 Å². The largest absolute Gasteiger partial charge is 0.384 e. The molecule has 1 atom stereocenters. The standard InChI is InChI=1S/C10H10INO/c1-10(13,6-7-12)8-2-4-9(11)5-3-8/h2-5,13H,6H2,1H3. The Morgan fingerprint density at radius 3 is 2.46 bits per heavy atom. The fourth-order valence-electron chi connectivity index (χ4n) is 1.06. The zero-order valence-electron chi connectivity index (χ0n) is 7.29. The number of hydrogen-bond donors (Lipinski definition) is 1. The van der Waals surface area contributed by atoms with Gasteiger partial charge in [-0.2, -0.15) is 5.26 Å². The molecule has 1 N–H and O–H groups in total. The number of aliphatic hydroxyl groups is 1. The Morgan fingerprint density at radius 1 is 1.46 bits per heavy atom. The number of rotatable bonds is 2. The van der Waals surface area contributed by atoms with Gasteiger partial charge in [-0.05, 0) is 47.2 Å². The van der Waals surface area contributed by atoms with Crippen molar-refractivity contribution in [3.05, 3.63) is 33.4 Å². The monoisotopic (exact) mass is 287 g/mol. The molecular formula is C10H10INO. The summed E-state index contributed by atoms with van der Waals surface area (Å²) in [5.41, 5.74) is -0.242. The predicted molar refractivity (Wildman–Crippen MR) is 59.0 cm³/mol. The molecule has 1 rings (SSSR count). The zero-order chi connectivity index (χ0) is 9.90. The van der Waals surface area contributed by atoms with Crippen molar-refractivity contribution in [2.24, 2.45) is 0 Å². The highest BCUT2D eigenvalue weighted by Gasteiger charge is 2.22. The van der Waals surface area contributed by atoms with E-state index in [9.17, 15) is 5.11 Å². The Kier molecular flexibility index (Phi) is 3.28. The van der Waals surface area contributed by atoms with Gasteiger partial charge in [-0.25, -0.2) is 0 Å². The quantitative estimate of drug-likeness (QED) is 0.849. The molecule has 1 unspecified atom stereocenters. The molecule has 0 bridgehead atoms. The lowest BCUT2D eigenvalue weighted by atomic mass is 9.93. The minimum absolute atomic E-state index is 0.119. The first-order chi connectivity index (χ1) is 6.06. The third-order valence-corrected chi connectivity index (χ3v) is 2.61. The van der Waals surface area contributed by atoms with Gasteiger partial charge in [-0.3, -0.25) is 0 Å². The van der Waals surface area contributed by atoms with Gasteiger partial charge in [0.2, 0.25) is 0 Å². The smallest absolute Gasteiger partial charge is 0.0997 e. The van der Waals surface area contributed by atoms with E-state index in [4.69, 9.17) is 5.26 Å². The third-order valence-electron chi connectivity index (χ3n) is 1.89. The van der Waals surface area contributed by atoms with E-state index >= 15 is 0 Å². The molecule has 0 heterocycles. The van der Waals surface area contributed by atoms with Crippen molar-refractivity contribution in [3.8, 4) is 6.07 Å². The van der Waals surface area contributed by atoms with E-state index < -0.39 is 5.60 Å². The molecule has 1 aromatic carbocycles. The molecule has 0 saturated heterocycles. The normalized spacial score (nSPS) is 14.6. The van der Waals surface area contributed by atoms with Crippen molar-refractivity contribution in [2.75, 3.05) is 0 Å². The molecule has 0 radical (unpaired) electrons. The maximum Gasteiger partial charge on any atom is 0.0997 e. The van der Waals surface area contributed by atoms with Crippen LogP contribution in [-0.2, 0) is 5.60 Å². The molecule has 0 amide bonds. The molecule has 0 spiro atoms. The van der Waals surface area contributed by atoms with Gasteiger partial charge in [0.05, 0.1) is 18.1 Å². The molecule has 1 aromatic rings. The second kappa shape index (κ2) is 4.07. The summed E-state index contributed by atoms with van der Waals surface area (Å²) in [5.74, 6) is 0. The highest BCUT2D eigenvalue weighted by molar-refractivity contribution is 14.1. The fourth-order valence-corrected chi connectivity index (χ4v) is 1.42. The molecule has 0 aliphatic carbocycles. The van der Waals surface area contributed by atoms with E-state index in [1.165, 1.54) is 0 Å². The van der Waals surface area contributed by atoms with E-state index in [1.54, 1.807) is 6.92 Å². The van der Waals surface area contributed by atoms with Crippen LogP contribution in [-0.4, -0.2) is 5.11 Å². The van der Waals surface area contributed by atoms with Crippen LogP contribution in [0.4, 0.5) is 0 Å². The first-order valence-corrected chi connectivity index (χ1v) is 4.99. The summed E-state index contributed by atoms with van der Waals surface area (Å²) in [6.45, 7) is 1.65. The summed E-state index contributed by atoms with van der Waals surface area (Å²) in [6.07, 6.45) is 0.119. The van der Waals surface area contributed by atoms with E-state index in [0.717, 1.165) is 9.13 Å². The average Bonchev–Trinajstić information content (AvgIpc) is 2.05. The average molecular weight is 287 g/mol. The molecule has 13 heavy (non-hydrogen) atoms. The lowest BCUT2D eigenvalue weighted by Gasteiger charge is -2.20. The minimum Gasteiger partial charge on any atom is -0.384 e. The third kappa shape index (κ3) is 2.68. The SMILES string of the molecule is CC(O)(CC#N)c1ccc(I)cc1. The van der Waals surface area contributed by atoms with E-state index in [-0.39, 0.29) is 6.42 Å². The van der Waals surface area contributed by atoms with Crippen molar-refractivity contribution in [2.45, 2.75) is 18.9 Å². The van der Waals surface area contributed by atoms with Crippen LogP contribution in [0.3, 0.4) is 0 Å². The van der Waals surface area contributed by atoms with Gasteiger partial charge < -0.3 is 5.11 Å². The van der Waals surface area contributed by atoms with E-state index in [2.05, 4.69) is 22.6 Å². The van der Waals surface area contributed by atoms with Crippen LogP contribution in [0.15, 0.2) is 24.3 Å². The first kappa shape index (κ1) is 10.5. The van der Waals surface area contributed by atoms with Gasteiger partial charge in [0.25, 0.3) is 0 Å². The van der Waals surface area contributed by atoms with Crippen LogP contribution in [0.5, 0.6) is 0 Å². The number of hydrogen-bond acceptors (Lipinski definition) is 2. The van der Waals surface area contributed by atoms with Gasteiger partial charge in [-0.15, -0.1) is 0 Å². The topological polar surface area (TPSA) is 44.0 Å². The second-order valence-electron chi connectivity index (χ2n) is 3.12. The molecule has 0 saturated carbocycles. The molecule has 0 aromatic heterocycles. The Labute approximate surface area is 91.3 Å². The Hall–Kier alpha value is -0.600. The van der Waals surface area contributed by atoms with Crippen LogP contribution in [0, 0.1) is 14.9 Å². The van der Waals surface area contributed by atoms with Crippen molar-refractivity contribution >= 4 is 22.6 Å². The van der Waals surface area contributed by atoms with Crippen LogP contribution >= 0.6 is 22.6 Å². The van der Waals surface area contributed by atoms with Gasteiger partial charge in [0.15, 0.2) is 0 Å². The fraction of sp³-hybridized carbons (Fsp3) is 0.300. The summed E-state index contributed by atoms with van der Waals surface area (Å²) < 4.78 is 1.12. The van der Waals surface area contributed by atoms with Gasteiger partial charge >= 0.3 is 0 Å². The predicted octanol–water partition coefficient (Wildman–Crippen LogP) is 2.41. The van der Waals surface area contributed by atoms with Crippen LogP contribution in [0.2, 0.25) is 0 Å². The summed E-state index contributed by atoms with van der Waals surface area (Å²) in [5, 5.41) is 18.4. The van der Waals surface area contributed by atoms with Gasteiger partial charge in [0.1, 0.15) is 0 Å². The molecule has 3 heteroatoms. The zero-order valence-corrected chi connectivity index (χ0v) is 9.45. The van der Waals surface area contributed by atoms with Crippen molar-refractivity contribution in [3.63, 3.8) is 0 Å². The lowest BCUT2D eigenvalue weighted by molar-refractivity contribution is 0.0624. The summed E-state index contributed by atoms with van der Waals surface area (Å²) in [4.78, 5) is 0. The van der Waals surface area contributed by atoms with Crippen molar-refractivity contribution < 1.29 is 5.11 Å². The van der Waals surface area contributed by atoms with Crippen LogP contribution in [0.25, 0.3) is 0 Å². The highest BCUT2D eigenvalue weighted by Crippen LogP contribution is 2.24. The molecule has 0 aliphatic rings. The molecule has 68 valence electrons. The molecule has 0 aliphatic heterocycles. The number of benzene rings is 1. The number of nitrogens with zero attached hydrogens (tertiary/aromatic N) is 1. The van der Waals surface area contributed by atoms with Crippen molar-refractivity contribution in [1.29, 1.82) is 5.26 Å². The molecule has 2 nitrogen and oxygen atoms in total. The minimum atomic E-state index is -1.03. The first-order valence-electron chi connectivity index (χ1n) is 3.91. The summed E-state index contributed by atoms with van der Waals surface area (Å²) in [7, 11) is 0. The van der Waals surface area contributed by atoms with Gasteiger partial charge in [-0.1, -0.05) is 12.1 Å². The Balaban J connectivity index is 2.95. The number of halogens is 1. The maximum atomic E-state index is 9.85. The molecule has 0 fully saturated rings. The van der Waals surface area contributed by atoms with E-state index in [1.807, 2.05) is 30.3 Å². The molecular weight excluding hydrogens is 277 g/mol. The lowest BCUT2D eigenvalue weighted by Crippen LogP contribution is -2.19. The van der Waals surface area contributed by atoms with Gasteiger partial charge in [0, 0.05) is 3.57 Å². The summed E-state index contributed by atoms with van der Waals surface area (Å²) >= 11 is 2.20. The van der Waals surface area contributed by atoms with Crippen LogP contribution < -0.4 is 0 Å². The number of nitriles is 1. The maximum absolute atomic E-state index is 9.85.